The maximum Gasteiger partial charge on any atom is 0.243 e. The lowest BCUT2D eigenvalue weighted by atomic mass is 10.2. The van der Waals surface area contributed by atoms with E-state index in [1.807, 2.05) is 62.5 Å². The van der Waals surface area contributed by atoms with Crippen LogP contribution in [0, 0.1) is 78.5 Å². The van der Waals surface area contributed by atoms with Gasteiger partial charge in [0.1, 0.15) is 0 Å². The van der Waals surface area contributed by atoms with Crippen LogP contribution in [0.3, 0.4) is 0 Å². The second-order valence-corrected chi connectivity index (χ2v) is 7.92. The van der Waals surface area contributed by atoms with Crippen molar-refractivity contribution in [3.63, 3.8) is 0 Å². The van der Waals surface area contributed by atoms with Gasteiger partial charge in [0.25, 0.3) is 0 Å². The molecule has 0 unspecified atom stereocenters. The molecule has 0 aliphatic rings. The predicted molar refractivity (Wildman–Crippen MR) is 179 cm³/mol. The highest BCUT2D eigenvalue weighted by Gasteiger charge is 1.96. The summed E-state index contributed by atoms with van der Waals surface area (Å²) in [5, 5.41) is 2.84. The van der Waals surface area contributed by atoms with Crippen molar-refractivity contribution in [2.24, 2.45) is 5.92 Å². The van der Waals surface area contributed by atoms with Crippen LogP contribution >= 0.6 is 0 Å². The molecule has 0 aromatic rings. The van der Waals surface area contributed by atoms with E-state index in [0.717, 1.165) is 32.2 Å². The zero-order chi connectivity index (χ0) is 31.8. The largest absolute Gasteiger partial charge is 0.352 e. The van der Waals surface area contributed by atoms with Gasteiger partial charge >= 0.3 is 0 Å². The Morgan fingerprint density at radius 2 is 1.12 bits per heavy atom. The molecule has 0 saturated heterocycles. The lowest BCUT2D eigenvalue weighted by Gasteiger charge is -2.03. The molecule has 0 aliphatic heterocycles. The molecule has 0 atom stereocenters. The van der Waals surface area contributed by atoms with Gasteiger partial charge in [-0.25, -0.2) is 0 Å². The fourth-order valence-corrected chi connectivity index (χ4v) is 1.96. The van der Waals surface area contributed by atoms with E-state index in [2.05, 4.69) is 84.6 Å². The van der Waals surface area contributed by atoms with Crippen LogP contribution in [0.15, 0.2) is 72.9 Å². The summed E-state index contributed by atoms with van der Waals surface area (Å²) in [7, 11) is 0. The Hall–Kier alpha value is -5.06. The molecule has 0 heterocycles. The minimum atomic E-state index is 0.00568. The molecule has 0 aromatic carbocycles. The van der Waals surface area contributed by atoms with E-state index in [1.54, 1.807) is 26.0 Å². The number of rotatable bonds is 12. The number of nitrogens with one attached hydrogen (secondary N) is 1. The molecule has 214 valence electrons. The smallest absolute Gasteiger partial charge is 0.243 e. The summed E-state index contributed by atoms with van der Waals surface area (Å²) in [6.07, 6.45) is 41.2. The number of allylic oxidation sites excluding steroid dienone is 11. The third-order valence-corrected chi connectivity index (χ3v) is 3.71. The Labute approximate surface area is 251 Å². The van der Waals surface area contributed by atoms with E-state index in [4.69, 9.17) is 19.3 Å². The van der Waals surface area contributed by atoms with E-state index in [-0.39, 0.29) is 11.7 Å². The summed E-state index contributed by atoms with van der Waals surface area (Å²) >= 11 is 0. The van der Waals surface area contributed by atoms with E-state index < -0.39 is 0 Å². The molecule has 0 aromatic heterocycles. The van der Waals surface area contributed by atoms with Crippen LogP contribution in [0.4, 0.5) is 0 Å². The molecule has 3 heteroatoms. The fourth-order valence-electron chi connectivity index (χ4n) is 1.96. The van der Waals surface area contributed by atoms with Crippen molar-refractivity contribution in [3.05, 3.63) is 72.9 Å². The predicted octanol–water partition coefficient (Wildman–Crippen LogP) is 7.17. The Bertz CT molecular complexity index is 1160. The van der Waals surface area contributed by atoms with E-state index in [9.17, 15) is 9.59 Å². The van der Waals surface area contributed by atoms with Gasteiger partial charge in [0, 0.05) is 6.54 Å². The number of ketones is 1. The van der Waals surface area contributed by atoms with Gasteiger partial charge in [-0.3, -0.25) is 9.59 Å². The average molecular weight is 548 g/mol. The second-order valence-electron chi connectivity index (χ2n) is 7.92. The third-order valence-electron chi connectivity index (χ3n) is 3.71. The van der Waals surface area contributed by atoms with Crippen molar-refractivity contribution < 1.29 is 9.59 Å². The summed E-state index contributed by atoms with van der Waals surface area (Å²) < 4.78 is 0. The van der Waals surface area contributed by atoms with Crippen LogP contribution in [0.1, 0.15) is 67.2 Å². The highest BCUT2D eigenvalue weighted by atomic mass is 16.1. The van der Waals surface area contributed by atoms with Crippen molar-refractivity contribution >= 4 is 11.7 Å². The maximum absolute atomic E-state index is 11.3. The first-order chi connectivity index (χ1) is 19.8. The van der Waals surface area contributed by atoms with Crippen LogP contribution in [0.2, 0.25) is 0 Å². The van der Waals surface area contributed by atoms with Crippen LogP contribution < -0.4 is 5.32 Å². The fraction of sp³-hybridized carbons (Fsp3) is 0.316. The first kappa shape index (κ1) is 43.0. The number of unbranched alkanes of at least 4 members (excludes halogenated alkanes) is 2. The minimum absolute atomic E-state index is 0.00568. The summed E-state index contributed by atoms with van der Waals surface area (Å²) in [6, 6.07) is 0. The van der Waals surface area contributed by atoms with Gasteiger partial charge in [-0.1, -0.05) is 80.5 Å². The monoisotopic (exact) mass is 547 g/mol. The Balaban J connectivity index is -0.000000240. The third kappa shape index (κ3) is 61.0. The SMILES string of the molecule is C#CC#CC#C.C#CC#CC#CC.C/C=C/C=C\CC/C=C/C(=O)NCC(C)C.C/C=C/C=C\CC/C=C/C(C)=O. The zero-order valence-electron chi connectivity index (χ0n) is 25.6. The normalized spacial score (nSPS) is 9.37. The Kier molecular flexibility index (Phi) is 44.1. The zero-order valence-corrected chi connectivity index (χ0v) is 25.6. The Morgan fingerprint density at radius 3 is 1.51 bits per heavy atom. The minimum Gasteiger partial charge on any atom is -0.352 e. The topological polar surface area (TPSA) is 46.2 Å². The van der Waals surface area contributed by atoms with Crippen LogP contribution in [-0.2, 0) is 9.59 Å². The highest BCUT2D eigenvalue weighted by molar-refractivity contribution is 5.87. The van der Waals surface area contributed by atoms with E-state index in [0.29, 0.717) is 5.92 Å². The molecule has 0 rings (SSSR count). The number of amides is 1. The lowest BCUT2D eigenvalue weighted by molar-refractivity contribution is -0.116. The quantitative estimate of drug-likeness (QED) is 0.122. The number of carbonyl (C=O) groups is 2. The van der Waals surface area contributed by atoms with Gasteiger partial charge in [0.05, 0.1) is 0 Å². The van der Waals surface area contributed by atoms with Crippen LogP contribution in [0.5, 0.6) is 0 Å². The molecular weight excluding hydrogens is 502 g/mol. The number of hydrogen-bond donors (Lipinski definition) is 1. The molecule has 0 saturated carbocycles. The molecule has 0 fully saturated rings. The van der Waals surface area contributed by atoms with Crippen molar-refractivity contribution in [3.8, 4) is 72.6 Å². The van der Waals surface area contributed by atoms with Crippen molar-refractivity contribution in [2.75, 3.05) is 6.54 Å². The molecule has 41 heavy (non-hydrogen) atoms. The molecule has 0 radical (unpaired) electrons. The first-order valence-electron chi connectivity index (χ1n) is 13.2. The standard InChI is InChI=1S/C14H23NO.C11H16O.C7H4.C6H2/c1-4-5-6-7-8-9-10-11-14(16)15-12-13(2)3;1-3-4-5-6-7-8-9-10-11(2)12;1-3-5-7-6-4-2;1-3-5-6-4-2/h4-7,10-11,13H,8-9,12H2,1-3H3,(H,15,16);3-6,9-10H,7-8H2,1-2H3;1H,2H3;1-2H/b5-4+,7-6-,11-10+;4-3+,6-5-,10-9+;;. The summed E-state index contributed by atoms with van der Waals surface area (Å²) in [6.45, 7) is 12.1. The lowest BCUT2D eigenvalue weighted by Crippen LogP contribution is -2.25. The van der Waals surface area contributed by atoms with Gasteiger partial charge in [-0.05, 0) is 119 Å². The summed E-state index contributed by atoms with van der Waals surface area (Å²) in [5.41, 5.74) is 0. The van der Waals surface area contributed by atoms with Crippen molar-refractivity contribution in [1.29, 1.82) is 0 Å². The molecule has 0 spiro atoms. The summed E-state index contributed by atoms with van der Waals surface area (Å²) in [4.78, 5) is 21.7. The number of hydrogen-bond acceptors (Lipinski definition) is 2. The van der Waals surface area contributed by atoms with Gasteiger partial charge in [-0.2, -0.15) is 0 Å². The van der Waals surface area contributed by atoms with Gasteiger partial charge in [0.2, 0.25) is 5.91 Å². The second kappa shape index (κ2) is 42.0. The van der Waals surface area contributed by atoms with Crippen LogP contribution in [0.25, 0.3) is 0 Å². The first-order valence-corrected chi connectivity index (χ1v) is 13.2. The molecule has 0 bridgehead atoms. The Morgan fingerprint density at radius 1 is 0.683 bits per heavy atom. The average Bonchev–Trinajstić information content (AvgIpc) is 2.95. The van der Waals surface area contributed by atoms with Gasteiger partial charge < -0.3 is 5.32 Å². The highest BCUT2D eigenvalue weighted by Crippen LogP contribution is 1.94. The van der Waals surface area contributed by atoms with Crippen molar-refractivity contribution in [2.45, 2.75) is 67.2 Å². The molecular formula is C38H45NO2. The van der Waals surface area contributed by atoms with E-state index >= 15 is 0 Å². The maximum atomic E-state index is 11.3. The number of carbonyl (C=O) groups excluding carboxylic acids is 2. The van der Waals surface area contributed by atoms with Crippen LogP contribution in [-0.4, -0.2) is 18.2 Å². The van der Waals surface area contributed by atoms with Gasteiger partial charge in [-0.15, -0.1) is 19.3 Å². The van der Waals surface area contributed by atoms with Crippen molar-refractivity contribution in [1.82, 2.24) is 5.32 Å². The molecule has 0 aliphatic carbocycles. The number of terminal acetylenes is 3. The van der Waals surface area contributed by atoms with E-state index in [1.165, 1.54) is 0 Å². The summed E-state index contributed by atoms with van der Waals surface area (Å²) in [5.74, 6) is 21.2. The molecule has 3 nitrogen and oxygen atoms in total. The molecule has 1 N–H and O–H groups in total. The molecule has 1 amide bonds. The van der Waals surface area contributed by atoms with Gasteiger partial charge in [0.15, 0.2) is 5.78 Å².